The van der Waals surface area contributed by atoms with Crippen LogP contribution in [0.4, 0.5) is 15.2 Å². The first-order valence-electron chi connectivity index (χ1n) is 8.06. The molecule has 27 heavy (non-hydrogen) atoms. The molecule has 0 bridgehead atoms. The molecular formula is C19H16FN3O3S. The van der Waals surface area contributed by atoms with E-state index in [9.17, 15) is 14.0 Å². The fourth-order valence-corrected chi connectivity index (χ4v) is 2.84. The summed E-state index contributed by atoms with van der Waals surface area (Å²) < 4.78 is 17.8. The summed E-state index contributed by atoms with van der Waals surface area (Å²) in [7, 11) is 0. The summed E-state index contributed by atoms with van der Waals surface area (Å²) in [5, 5.41) is 7.78. The van der Waals surface area contributed by atoms with Crippen LogP contribution < -0.4 is 10.6 Å². The smallest absolute Gasteiger partial charge is 0.358 e. The zero-order valence-electron chi connectivity index (χ0n) is 14.1. The molecule has 0 saturated heterocycles. The van der Waals surface area contributed by atoms with Gasteiger partial charge in [0.05, 0.1) is 0 Å². The number of hydrogen-bond acceptors (Lipinski definition) is 6. The lowest BCUT2D eigenvalue weighted by Crippen LogP contribution is -2.21. The summed E-state index contributed by atoms with van der Waals surface area (Å²) >= 11 is 1.28. The average molecular weight is 385 g/mol. The summed E-state index contributed by atoms with van der Waals surface area (Å²) in [6, 6.07) is 15.1. The van der Waals surface area contributed by atoms with Gasteiger partial charge in [-0.15, -0.1) is 11.3 Å². The van der Waals surface area contributed by atoms with Crippen molar-refractivity contribution >= 4 is 34.0 Å². The number of carbonyl (C=O) groups excluding carboxylic acids is 2. The Balaban J connectivity index is 1.46. The van der Waals surface area contributed by atoms with Crippen LogP contribution in [0.2, 0.25) is 0 Å². The first-order valence-corrected chi connectivity index (χ1v) is 8.94. The molecule has 8 heteroatoms. The Morgan fingerprint density at radius 3 is 2.56 bits per heavy atom. The van der Waals surface area contributed by atoms with E-state index in [4.69, 9.17) is 4.74 Å². The van der Waals surface area contributed by atoms with Crippen LogP contribution in [0.25, 0.3) is 0 Å². The quantitative estimate of drug-likeness (QED) is 0.607. The van der Waals surface area contributed by atoms with Crippen molar-refractivity contribution in [2.45, 2.75) is 6.54 Å². The minimum absolute atomic E-state index is 0.130. The summed E-state index contributed by atoms with van der Waals surface area (Å²) in [5.74, 6) is -1.61. The Kier molecular flexibility index (Phi) is 6.11. The molecule has 0 saturated carbocycles. The molecular weight excluding hydrogens is 369 g/mol. The molecule has 1 heterocycles. The number of esters is 1. The molecule has 1 amide bonds. The van der Waals surface area contributed by atoms with Gasteiger partial charge in [-0.1, -0.05) is 30.3 Å². The van der Waals surface area contributed by atoms with Crippen LogP contribution in [-0.2, 0) is 16.1 Å². The molecule has 3 rings (SSSR count). The normalized spacial score (nSPS) is 10.3. The van der Waals surface area contributed by atoms with Gasteiger partial charge in [0.25, 0.3) is 5.91 Å². The van der Waals surface area contributed by atoms with E-state index in [1.165, 1.54) is 35.6 Å². The Labute approximate surface area is 159 Å². The van der Waals surface area contributed by atoms with E-state index in [-0.39, 0.29) is 5.69 Å². The van der Waals surface area contributed by atoms with Gasteiger partial charge in [-0.25, -0.2) is 14.2 Å². The lowest BCUT2D eigenvalue weighted by atomic mass is 10.2. The minimum atomic E-state index is -0.687. The highest BCUT2D eigenvalue weighted by atomic mass is 32.1. The summed E-state index contributed by atoms with van der Waals surface area (Å²) in [4.78, 5) is 27.9. The van der Waals surface area contributed by atoms with Crippen molar-refractivity contribution in [3.05, 3.63) is 77.1 Å². The van der Waals surface area contributed by atoms with Crippen molar-refractivity contribution < 1.29 is 18.7 Å². The Hall–Kier alpha value is -3.26. The maximum atomic E-state index is 12.8. The molecule has 3 aromatic rings. The number of rotatable bonds is 7. The van der Waals surface area contributed by atoms with E-state index in [1.807, 2.05) is 30.3 Å². The molecule has 6 nitrogen and oxygen atoms in total. The fraction of sp³-hybridized carbons (Fsp3) is 0.105. The van der Waals surface area contributed by atoms with E-state index >= 15 is 0 Å². The Morgan fingerprint density at radius 1 is 1.07 bits per heavy atom. The number of carbonyl (C=O) groups is 2. The van der Waals surface area contributed by atoms with Gasteiger partial charge in [0.15, 0.2) is 17.4 Å². The molecule has 0 radical (unpaired) electrons. The van der Waals surface area contributed by atoms with Crippen molar-refractivity contribution in [1.29, 1.82) is 0 Å². The molecule has 1 aromatic heterocycles. The number of nitrogens with zero attached hydrogens (tertiary/aromatic N) is 1. The maximum absolute atomic E-state index is 12.8. The summed E-state index contributed by atoms with van der Waals surface area (Å²) in [6.45, 7) is 0.128. The topological polar surface area (TPSA) is 80.3 Å². The van der Waals surface area contributed by atoms with Crippen LogP contribution in [0.1, 0.15) is 16.1 Å². The molecule has 0 aliphatic rings. The van der Waals surface area contributed by atoms with Crippen molar-refractivity contribution in [2.75, 3.05) is 17.2 Å². The highest BCUT2D eigenvalue weighted by Gasteiger charge is 2.14. The SMILES string of the molecule is O=C(COC(=O)c1csc(NCc2ccccc2)n1)Nc1ccc(F)cc1. The Bertz CT molecular complexity index is 913. The van der Waals surface area contributed by atoms with Crippen molar-refractivity contribution in [3.63, 3.8) is 0 Å². The highest BCUT2D eigenvalue weighted by Crippen LogP contribution is 2.17. The van der Waals surface area contributed by atoms with Crippen molar-refractivity contribution in [1.82, 2.24) is 4.98 Å². The van der Waals surface area contributed by atoms with Crippen LogP contribution in [0.15, 0.2) is 60.0 Å². The molecule has 138 valence electrons. The predicted molar refractivity (Wildman–Crippen MR) is 101 cm³/mol. The molecule has 2 aromatic carbocycles. The van der Waals surface area contributed by atoms with Crippen LogP contribution in [0.5, 0.6) is 0 Å². The highest BCUT2D eigenvalue weighted by molar-refractivity contribution is 7.13. The summed E-state index contributed by atoms with van der Waals surface area (Å²) in [6.07, 6.45) is 0. The standard InChI is InChI=1S/C19H16FN3O3S/c20-14-6-8-15(9-7-14)22-17(24)11-26-18(25)16-12-27-19(23-16)21-10-13-4-2-1-3-5-13/h1-9,12H,10-11H2,(H,21,23)(H,22,24). The number of benzene rings is 2. The predicted octanol–water partition coefficient (Wildman–Crippen LogP) is 3.69. The van der Waals surface area contributed by atoms with Gasteiger partial charge in [0.2, 0.25) is 0 Å². The third-order valence-corrected chi connectivity index (χ3v) is 4.26. The number of ether oxygens (including phenoxy) is 1. The molecule has 0 aliphatic heterocycles. The maximum Gasteiger partial charge on any atom is 0.358 e. The van der Waals surface area contributed by atoms with Crippen LogP contribution in [0.3, 0.4) is 0 Å². The third kappa shape index (κ3) is 5.61. The van der Waals surface area contributed by atoms with Crippen molar-refractivity contribution in [3.8, 4) is 0 Å². The average Bonchev–Trinajstić information content (AvgIpc) is 3.16. The second kappa shape index (κ2) is 8.91. The van der Waals surface area contributed by atoms with E-state index in [0.29, 0.717) is 17.4 Å². The zero-order chi connectivity index (χ0) is 19.1. The van der Waals surface area contributed by atoms with E-state index in [0.717, 1.165) is 5.56 Å². The van der Waals surface area contributed by atoms with E-state index in [1.54, 1.807) is 5.38 Å². The Morgan fingerprint density at radius 2 is 1.81 bits per heavy atom. The lowest BCUT2D eigenvalue weighted by molar-refractivity contribution is -0.119. The van der Waals surface area contributed by atoms with Crippen LogP contribution in [-0.4, -0.2) is 23.5 Å². The largest absolute Gasteiger partial charge is 0.451 e. The molecule has 0 spiro atoms. The number of amides is 1. The van der Waals surface area contributed by atoms with E-state index < -0.39 is 24.3 Å². The molecule has 2 N–H and O–H groups in total. The molecule has 0 unspecified atom stereocenters. The summed E-state index contributed by atoms with van der Waals surface area (Å²) in [5.41, 5.74) is 1.64. The van der Waals surface area contributed by atoms with Gasteiger partial charge in [-0.2, -0.15) is 0 Å². The zero-order valence-corrected chi connectivity index (χ0v) is 15.0. The second-order valence-corrected chi connectivity index (χ2v) is 6.37. The third-order valence-electron chi connectivity index (χ3n) is 3.46. The first kappa shape index (κ1) is 18.5. The van der Waals surface area contributed by atoms with Gasteiger partial charge in [-0.3, -0.25) is 4.79 Å². The first-order chi connectivity index (χ1) is 13.1. The second-order valence-electron chi connectivity index (χ2n) is 5.51. The van der Waals surface area contributed by atoms with Crippen LogP contribution >= 0.6 is 11.3 Å². The van der Waals surface area contributed by atoms with Crippen molar-refractivity contribution in [2.24, 2.45) is 0 Å². The number of nitrogens with one attached hydrogen (secondary N) is 2. The fourth-order valence-electron chi connectivity index (χ4n) is 2.16. The number of halogens is 1. The van der Waals surface area contributed by atoms with Gasteiger partial charge in [-0.05, 0) is 29.8 Å². The van der Waals surface area contributed by atoms with E-state index in [2.05, 4.69) is 15.6 Å². The van der Waals surface area contributed by atoms with Gasteiger partial charge >= 0.3 is 5.97 Å². The van der Waals surface area contributed by atoms with Crippen LogP contribution in [0, 0.1) is 5.82 Å². The van der Waals surface area contributed by atoms with Gasteiger partial charge in [0, 0.05) is 17.6 Å². The number of thiazole rings is 1. The molecule has 0 aliphatic carbocycles. The molecule has 0 atom stereocenters. The number of anilines is 2. The lowest BCUT2D eigenvalue weighted by Gasteiger charge is -2.05. The van der Waals surface area contributed by atoms with Gasteiger partial charge < -0.3 is 15.4 Å². The molecule has 0 fully saturated rings. The number of aromatic nitrogens is 1. The number of hydrogen-bond donors (Lipinski definition) is 2. The monoisotopic (exact) mass is 385 g/mol. The van der Waals surface area contributed by atoms with Gasteiger partial charge in [0.1, 0.15) is 5.82 Å². The minimum Gasteiger partial charge on any atom is -0.451 e.